The van der Waals surface area contributed by atoms with Gasteiger partial charge in [0.2, 0.25) is 5.91 Å². The number of carbonyl (C=O) groups is 3. The van der Waals surface area contributed by atoms with E-state index in [4.69, 9.17) is 27.9 Å². The molecule has 0 unspecified atom stereocenters. The first-order valence-corrected chi connectivity index (χ1v) is 13.1. The number of amides is 3. The summed E-state index contributed by atoms with van der Waals surface area (Å²) in [5.74, 6) is -0.160. The molecule has 0 bridgehead atoms. The molecule has 2 heterocycles. The van der Waals surface area contributed by atoms with Crippen LogP contribution in [-0.2, 0) is 16.2 Å². The molecule has 2 saturated heterocycles. The van der Waals surface area contributed by atoms with E-state index < -0.39 is 11.1 Å². The van der Waals surface area contributed by atoms with Crippen LogP contribution in [-0.4, -0.2) is 46.5 Å². The minimum Gasteiger partial charge on any atom is -0.488 e. The van der Waals surface area contributed by atoms with Crippen molar-refractivity contribution in [2.45, 2.75) is 25.9 Å². The highest BCUT2D eigenvalue weighted by atomic mass is 79.9. The molecule has 4 rings (SSSR count). The van der Waals surface area contributed by atoms with Gasteiger partial charge in [-0.3, -0.25) is 19.3 Å². The monoisotopic (exact) mass is 582 g/mol. The van der Waals surface area contributed by atoms with E-state index in [0.717, 1.165) is 46.0 Å². The number of imide groups is 1. The maximum Gasteiger partial charge on any atom is 0.294 e. The van der Waals surface area contributed by atoms with Crippen molar-refractivity contribution in [2.75, 3.05) is 19.6 Å². The third-order valence-corrected chi connectivity index (χ3v) is 7.52. The fraction of sp³-hybridized carbons (Fsp3) is 0.292. The summed E-state index contributed by atoms with van der Waals surface area (Å²) in [4.78, 5) is 41.0. The third-order valence-electron chi connectivity index (χ3n) is 5.53. The number of ether oxygens (including phenoxy) is 1. The number of benzene rings is 2. The Morgan fingerprint density at radius 2 is 1.85 bits per heavy atom. The van der Waals surface area contributed by atoms with Gasteiger partial charge >= 0.3 is 0 Å². The zero-order valence-corrected chi connectivity index (χ0v) is 22.0. The summed E-state index contributed by atoms with van der Waals surface area (Å²) in [6, 6.07) is 10.5. The van der Waals surface area contributed by atoms with Crippen molar-refractivity contribution in [2.24, 2.45) is 0 Å². The van der Waals surface area contributed by atoms with Crippen molar-refractivity contribution in [1.29, 1.82) is 0 Å². The topological polar surface area (TPSA) is 66.9 Å². The van der Waals surface area contributed by atoms with Crippen LogP contribution in [0.15, 0.2) is 45.8 Å². The highest BCUT2D eigenvalue weighted by molar-refractivity contribution is 9.10. The van der Waals surface area contributed by atoms with Crippen LogP contribution in [0.1, 0.15) is 30.4 Å². The van der Waals surface area contributed by atoms with Crippen LogP contribution in [0, 0.1) is 0 Å². The summed E-state index contributed by atoms with van der Waals surface area (Å²) in [7, 11) is 0. The van der Waals surface area contributed by atoms with Gasteiger partial charge in [-0.15, -0.1) is 0 Å². The molecular formula is C24H21BrCl2N2O4S. The van der Waals surface area contributed by atoms with Crippen LogP contribution >= 0.6 is 50.9 Å². The Morgan fingerprint density at radius 1 is 1.09 bits per heavy atom. The summed E-state index contributed by atoms with van der Waals surface area (Å²) in [5, 5.41) is 0.574. The highest BCUT2D eigenvalue weighted by Gasteiger charge is 2.37. The Hall–Kier alpha value is -2.00. The van der Waals surface area contributed by atoms with Crippen LogP contribution in [0.2, 0.25) is 10.0 Å². The predicted octanol–water partition coefficient (Wildman–Crippen LogP) is 6.38. The average molecular weight is 584 g/mol. The SMILES string of the molecule is O=C(CN1C(=O)S/C(=C\c2cc(Br)ccc2OCc2ccc(Cl)cc2Cl)C1=O)N1CCCCC1. The van der Waals surface area contributed by atoms with E-state index in [1.54, 1.807) is 41.3 Å². The minimum atomic E-state index is -0.480. The molecular weight excluding hydrogens is 563 g/mol. The molecule has 3 amide bonds. The number of hydrogen-bond acceptors (Lipinski definition) is 5. The summed E-state index contributed by atoms with van der Waals surface area (Å²) in [5.41, 5.74) is 1.38. The number of likely N-dealkylation sites (tertiary alicyclic amines) is 1. The number of hydrogen-bond donors (Lipinski definition) is 0. The van der Waals surface area contributed by atoms with Crippen LogP contribution in [0.5, 0.6) is 5.75 Å². The van der Waals surface area contributed by atoms with Gasteiger partial charge in [-0.25, -0.2) is 0 Å². The zero-order chi connectivity index (χ0) is 24.2. The molecule has 2 aliphatic heterocycles. The third kappa shape index (κ3) is 5.97. The maximum absolute atomic E-state index is 13.0. The Labute approximate surface area is 220 Å². The van der Waals surface area contributed by atoms with Gasteiger partial charge in [0.1, 0.15) is 18.9 Å². The average Bonchev–Trinajstić information content (AvgIpc) is 3.07. The van der Waals surface area contributed by atoms with E-state index in [-0.39, 0.29) is 24.0 Å². The van der Waals surface area contributed by atoms with Crippen molar-refractivity contribution in [3.8, 4) is 5.75 Å². The molecule has 6 nitrogen and oxygen atoms in total. The smallest absolute Gasteiger partial charge is 0.294 e. The summed E-state index contributed by atoms with van der Waals surface area (Å²) >= 11 is 16.5. The van der Waals surface area contributed by atoms with E-state index in [1.165, 1.54) is 0 Å². The number of carbonyl (C=O) groups excluding carboxylic acids is 3. The van der Waals surface area contributed by atoms with E-state index >= 15 is 0 Å². The molecule has 178 valence electrons. The molecule has 2 aromatic carbocycles. The second-order valence-corrected chi connectivity index (χ2v) is 10.7. The number of halogens is 3. The van der Waals surface area contributed by atoms with Crippen molar-refractivity contribution < 1.29 is 19.1 Å². The van der Waals surface area contributed by atoms with Gasteiger partial charge in [0, 0.05) is 38.7 Å². The molecule has 0 N–H and O–H groups in total. The lowest BCUT2D eigenvalue weighted by Crippen LogP contribution is -2.44. The fourth-order valence-corrected chi connectivity index (χ4v) is 5.38. The molecule has 0 atom stereocenters. The molecule has 0 spiro atoms. The molecule has 0 aromatic heterocycles. The predicted molar refractivity (Wildman–Crippen MR) is 138 cm³/mol. The molecule has 34 heavy (non-hydrogen) atoms. The normalized spacial score (nSPS) is 17.6. The summed E-state index contributed by atoms with van der Waals surface area (Å²) in [6.45, 7) is 1.30. The molecule has 0 saturated carbocycles. The van der Waals surface area contributed by atoms with Gasteiger partial charge < -0.3 is 9.64 Å². The van der Waals surface area contributed by atoms with Gasteiger partial charge in [-0.05, 0) is 67.4 Å². The first-order valence-electron chi connectivity index (χ1n) is 10.7. The Kier molecular flexibility index (Phi) is 8.24. The second kappa shape index (κ2) is 11.2. The Morgan fingerprint density at radius 3 is 2.59 bits per heavy atom. The highest BCUT2D eigenvalue weighted by Crippen LogP contribution is 2.35. The lowest BCUT2D eigenvalue weighted by atomic mass is 10.1. The first kappa shape index (κ1) is 25.1. The zero-order valence-electron chi connectivity index (χ0n) is 18.1. The molecule has 2 aromatic rings. The van der Waals surface area contributed by atoms with Crippen molar-refractivity contribution >= 4 is 74.0 Å². The number of thioether (sulfide) groups is 1. The van der Waals surface area contributed by atoms with E-state index in [2.05, 4.69) is 15.9 Å². The van der Waals surface area contributed by atoms with Gasteiger partial charge in [0.25, 0.3) is 11.1 Å². The van der Waals surface area contributed by atoms with Gasteiger partial charge in [-0.2, -0.15) is 0 Å². The minimum absolute atomic E-state index is 0.199. The lowest BCUT2D eigenvalue weighted by molar-refractivity contribution is -0.136. The molecule has 10 heteroatoms. The van der Waals surface area contributed by atoms with Crippen molar-refractivity contribution in [1.82, 2.24) is 9.80 Å². The van der Waals surface area contributed by atoms with Crippen molar-refractivity contribution in [3.05, 3.63) is 66.9 Å². The quantitative estimate of drug-likeness (QED) is 0.369. The summed E-state index contributed by atoms with van der Waals surface area (Å²) in [6.07, 6.45) is 4.59. The second-order valence-electron chi connectivity index (χ2n) is 7.92. The molecule has 2 aliphatic rings. The van der Waals surface area contributed by atoms with E-state index in [0.29, 0.717) is 34.4 Å². The molecule has 2 fully saturated rings. The van der Waals surface area contributed by atoms with Crippen LogP contribution < -0.4 is 4.74 Å². The Bertz CT molecular complexity index is 1170. The Balaban J connectivity index is 1.50. The molecule has 0 radical (unpaired) electrons. The van der Waals surface area contributed by atoms with Crippen LogP contribution in [0.4, 0.5) is 4.79 Å². The largest absolute Gasteiger partial charge is 0.488 e. The standard InChI is InChI=1S/C24H21BrCl2N2O4S/c25-17-5-7-20(33-14-15-4-6-18(26)12-19(15)27)16(10-17)11-21-23(31)29(24(32)34-21)13-22(30)28-8-2-1-3-9-28/h4-7,10-12H,1-3,8-9,13-14H2/b21-11-. The van der Waals surface area contributed by atoms with Gasteiger partial charge in [0.15, 0.2) is 0 Å². The van der Waals surface area contributed by atoms with Crippen molar-refractivity contribution in [3.63, 3.8) is 0 Å². The number of rotatable bonds is 6. The molecule has 0 aliphatic carbocycles. The maximum atomic E-state index is 13.0. The fourth-order valence-electron chi connectivity index (χ4n) is 3.71. The van der Waals surface area contributed by atoms with Gasteiger partial charge in [-0.1, -0.05) is 45.2 Å². The number of piperidine rings is 1. The van der Waals surface area contributed by atoms with Crippen LogP contribution in [0.25, 0.3) is 6.08 Å². The first-order chi connectivity index (χ1) is 16.3. The lowest BCUT2D eigenvalue weighted by Gasteiger charge is -2.27. The number of nitrogens with zero attached hydrogens (tertiary/aromatic N) is 2. The summed E-state index contributed by atoms with van der Waals surface area (Å²) < 4.78 is 6.76. The van der Waals surface area contributed by atoms with E-state index in [9.17, 15) is 14.4 Å². The van der Waals surface area contributed by atoms with E-state index in [1.807, 2.05) is 6.07 Å². The van der Waals surface area contributed by atoms with Crippen LogP contribution in [0.3, 0.4) is 0 Å². The van der Waals surface area contributed by atoms with Gasteiger partial charge in [0.05, 0.1) is 4.91 Å².